The average Bonchev–Trinajstić information content (AvgIpc) is 2.56. The third-order valence-corrected chi connectivity index (χ3v) is 3.73. The van der Waals surface area contributed by atoms with E-state index in [4.69, 9.17) is 0 Å². The molecule has 0 unspecified atom stereocenters. The summed E-state index contributed by atoms with van der Waals surface area (Å²) in [6.07, 6.45) is 3.76. The number of benzene rings is 1. The molecule has 0 fully saturated rings. The van der Waals surface area contributed by atoms with Crippen molar-refractivity contribution in [2.45, 2.75) is 33.6 Å². The van der Waals surface area contributed by atoms with Crippen LogP contribution in [0.1, 0.15) is 42.6 Å². The van der Waals surface area contributed by atoms with E-state index in [2.05, 4.69) is 54.2 Å². The van der Waals surface area contributed by atoms with Crippen LogP contribution in [0.25, 0.3) is 0 Å². The van der Waals surface area contributed by atoms with Gasteiger partial charge in [-0.15, -0.1) is 0 Å². The number of aromatic nitrogens is 1. The number of rotatable bonds is 7. The summed E-state index contributed by atoms with van der Waals surface area (Å²) in [7, 11) is 0. The molecule has 1 aromatic heterocycles. The Morgan fingerprint density at radius 2 is 2.04 bits per heavy atom. The van der Waals surface area contributed by atoms with E-state index >= 15 is 0 Å². The number of amides is 1. The molecular weight excluding hydrogens is 286 g/mol. The summed E-state index contributed by atoms with van der Waals surface area (Å²) in [4.78, 5) is 18.8. The van der Waals surface area contributed by atoms with Gasteiger partial charge in [0, 0.05) is 30.5 Å². The van der Waals surface area contributed by atoms with Crippen molar-refractivity contribution in [1.82, 2.24) is 10.3 Å². The minimum absolute atomic E-state index is 0.0394. The van der Waals surface area contributed by atoms with Gasteiger partial charge in [0.1, 0.15) is 5.82 Å². The second-order valence-corrected chi connectivity index (χ2v) is 5.60. The molecule has 1 amide bonds. The van der Waals surface area contributed by atoms with E-state index in [0.29, 0.717) is 12.1 Å². The van der Waals surface area contributed by atoms with Crippen LogP contribution in [0, 0.1) is 6.92 Å². The van der Waals surface area contributed by atoms with Crippen LogP contribution < -0.4 is 10.2 Å². The lowest BCUT2D eigenvalue weighted by molar-refractivity contribution is 0.0953. The van der Waals surface area contributed by atoms with Crippen molar-refractivity contribution in [3.63, 3.8) is 0 Å². The van der Waals surface area contributed by atoms with Gasteiger partial charge < -0.3 is 10.2 Å². The number of aryl methyl sites for hydroxylation is 1. The number of hydrogen-bond donors (Lipinski definition) is 1. The van der Waals surface area contributed by atoms with Gasteiger partial charge in [-0.2, -0.15) is 0 Å². The summed E-state index contributed by atoms with van der Waals surface area (Å²) < 4.78 is 0. The molecule has 0 aliphatic heterocycles. The molecule has 2 rings (SSSR count). The summed E-state index contributed by atoms with van der Waals surface area (Å²) in [5.41, 5.74) is 2.94. The van der Waals surface area contributed by atoms with Crippen LogP contribution in [0.4, 0.5) is 11.5 Å². The second kappa shape index (κ2) is 8.32. The van der Waals surface area contributed by atoms with Crippen LogP contribution in [0.5, 0.6) is 0 Å². The molecule has 4 heteroatoms. The molecule has 4 nitrogen and oxygen atoms in total. The van der Waals surface area contributed by atoms with Gasteiger partial charge in [-0.3, -0.25) is 4.79 Å². The Hall–Kier alpha value is -2.36. The monoisotopic (exact) mass is 311 g/mol. The Morgan fingerprint density at radius 3 is 2.74 bits per heavy atom. The molecule has 1 heterocycles. The fourth-order valence-electron chi connectivity index (χ4n) is 2.46. The first kappa shape index (κ1) is 17.0. The molecule has 0 saturated heterocycles. The lowest BCUT2D eigenvalue weighted by Crippen LogP contribution is -2.25. The van der Waals surface area contributed by atoms with Crippen molar-refractivity contribution >= 4 is 17.4 Å². The van der Waals surface area contributed by atoms with Crippen LogP contribution >= 0.6 is 0 Å². The van der Waals surface area contributed by atoms with Gasteiger partial charge >= 0.3 is 0 Å². The van der Waals surface area contributed by atoms with Crippen molar-refractivity contribution in [2.75, 3.05) is 18.0 Å². The number of unbranched alkanes of at least 4 members (excludes halogenated alkanes) is 1. The first-order valence-corrected chi connectivity index (χ1v) is 8.24. The number of nitrogens with one attached hydrogen (secondary N) is 1. The van der Waals surface area contributed by atoms with Crippen molar-refractivity contribution in [3.8, 4) is 0 Å². The van der Waals surface area contributed by atoms with E-state index < -0.39 is 0 Å². The molecular formula is C19H25N3O. The molecule has 0 spiro atoms. The Bertz CT molecular complexity index is 655. The number of pyridine rings is 1. The average molecular weight is 311 g/mol. The van der Waals surface area contributed by atoms with Gasteiger partial charge in [-0.1, -0.05) is 25.5 Å². The zero-order chi connectivity index (χ0) is 16.7. The Labute approximate surface area is 138 Å². The first-order chi connectivity index (χ1) is 11.2. The van der Waals surface area contributed by atoms with Crippen LogP contribution in [0.2, 0.25) is 0 Å². The predicted octanol–water partition coefficient (Wildman–Crippen LogP) is 4.08. The van der Waals surface area contributed by atoms with E-state index in [1.807, 2.05) is 12.1 Å². The second-order valence-electron chi connectivity index (χ2n) is 5.60. The highest BCUT2D eigenvalue weighted by molar-refractivity contribution is 5.95. The number of nitrogens with zero attached hydrogens (tertiary/aromatic N) is 2. The zero-order valence-electron chi connectivity index (χ0n) is 14.2. The van der Waals surface area contributed by atoms with Gasteiger partial charge in [0.15, 0.2) is 0 Å². The normalized spacial score (nSPS) is 10.4. The molecule has 0 bridgehead atoms. The molecule has 0 aliphatic carbocycles. The topological polar surface area (TPSA) is 45.2 Å². The van der Waals surface area contributed by atoms with E-state index in [0.717, 1.165) is 30.9 Å². The summed E-state index contributed by atoms with van der Waals surface area (Å²) in [6.45, 7) is 7.76. The maximum Gasteiger partial charge on any atom is 0.251 e. The third kappa shape index (κ3) is 4.55. The molecule has 0 atom stereocenters. The van der Waals surface area contributed by atoms with Crippen molar-refractivity contribution in [3.05, 3.63) is 53.7 Å². The van der Waals surface area contributed by atoms with Gasteiger partial charge in [-0.05, 0) is 50.1 Å². The standard InChI is InChI=1S/C19H25N3O/c1-4-6-11-21-19(23)16-10-12-20-18(14-16)22(5-2)17-9-7-8-15(3)13-17/h7-10,12-14H,4-6,11H2,1-3H3,(H,21,23). The lowest BCUT2D eigenvalue weighted by Gasteiger charge is -2.23. The lowest BCUT2D eigenvalue weighted by atomic mass is 10.2. The number of carbonyl (C=O) groups is 1. The minimum atomic E-state index is -0.0394. The quantitative estimate of drug-likeness (QED) is 0.784. The molecule has 122 valence electrons. The minimum Gasteiger partial charge on any atom is -0.352 e. The molecule has 0 radical (unpaired) electrons. The van der Waals surface area contributed by atoms with Crippen LogP contribution in [-0.2, 0) is 0 Å². The van der Waals surface area contributed by atoms with E-state index in [1.165, 1.54) is 5.56 Å². The first-order valence-electron chi connectivity index (χ1n) is 8.24. The maximum absolute atomic E-state index is 12.2. The molecule has 0 aliphatic rings. The maximum atomic E-state index is 12.2. The Morgan fingerprint density at radius 1 is 1.22 bits per heavy atom. The van der Waals surface area contributed by atoms with Crippen molar-refractivity contribution in [1.29, 1.82) is 0 Å². The van der Waals surface area contributed by atoms with Gasteiger partial charge in [0.2, 0.25) is 0 Å². The molecule has 0 saturated carbocycles. The summed E-state index contributed by atoms with van der Waals surface area (Å²) in [5.74, 6) is 0.753. The largest absolute Gasteiger partial charge is 0.352 e. The highest BCUT2D eigenvalue weighted by atomic mass is 16.1. The smallest absolute Gasteiger partial charge is 0.251 e. The number of hydrogen-bond acceptors (Lipinski definition) is 3. The highest BCUT2D eigenvalue weighted by Crippen LogP contribution is 2.24. The summed E-state index contributed by atoms with van der Waals surface area (Å²) >= 11 is 0. The molecule has 2 aromatic rings. The molecule has 1 aromatic carbocycles. The fraction of sp³-hybridized carbons (Fsp3) is 0.368. The summed E-state index contributed by atoms with van der Waals surface area (Å²) in [6, 6.07) is 11.9. The van der Waals surface area contributed by atoms with Crippen LogP contribution in [-0.4, -0.2) is 24.0 Å². The van der Waals surface area contributed by atoms with Crippen molar-refractivity contribution in [2.24, 2.45) is 0 Å². The number of carbonyl (C=O) groups excluding carboxylic acids is 1. The Balaban J connectivity index is 2.21. The van der Waals surface area contributed by atoms with Crippen LogP contribution in [0.3, 0.4) is 0 Å². The predicted molar refractivity (Wildman–Crippen MR) is 95.3 cm³/mol. The SMILES string of the molecule is CCCCNC(=O)c1ccnc(N(CC)c2cccc(C)c2)c1. The van der Waals surface area contributed by atoms with E-state index in [1.54, 1.807) is 12.3 Å². The van der Waals surface area contributed by atoms with E-state index in [9.17, 15) is 4.79 Å². The third-order valence-electron chi connectivity index (χ3n) is 3.73. The molecule has 23 heavy (non-hydrogen) atoms. The Kier molecular flexibility index (Phi) is 6.15. The van der Waals surface area contributed by atoms with Gasteiger partial charge in [-0.25, -0.2) is 4.98 Å². The van der Waals surface area contributed by atoms with Gasteiger partial charge in [0.05, 0.1) is 0 Å². The van der Waals surface area contributed by atoms with Gasteiger partial charge in [0.25, 0.3) is 5.91 Å². The highest BCUT2D eigenvalue weighted by Gasteiger charge is 2.12. The van der Waals surface area contributed by atoms with Crippen LogP contribution in [0.15, 0.2) is 42.6 Å². The van der Waals surface area contributed by atoms with Crippen molar-refractivity contribution < 1.29 is 4.79 Å². The molecule has 1 N–H and O–H groups in total. The summed E-state index contributed by atoms with van der Waals surface area (Å²) in [5, 5.41) is 2.95. The fourth-order valence-corrected chi connectivity index (χ4v) is 2.46. The van der Waals surface area contributed by atoms with E-state index in [-0.39, 0.29) is 5.91 Å². The number of anilines is 2. The zero-order valence-corrected chi connectivity index (χ0v) is 14.2.